The SMILES string of the molecule is Cc1noc(CN2CCN(C(=O)[C@@H]3CCC[C@@H](N)C3)CC2)n1. The number of hydrogen-bond acceptors (Lipinski definition) is 6. The van der Waals surface area contributed by atoms with Crippen LogP contribution in [0.1, 0.15) is 37.4 Å². The predicted octanol–water partition coefficient (Wildman–Crippen LogP) is 0.540. The van der Waals surface area contributed by atoms with E-state index in [1.165, 1.54) is 0 Å². The van der Waals surface area contributed by atoms with Gasteiger partial charge in [-0.15, -0.1) is 0 Å². The molecule has 2 N–H and O–H groups in total. The van der Waals surface area contributed by atoms with Crippen molar-refractivity contribution in [2.75, 3.05) is 26.2 Å². The zero-order chi connectivity index (χ0) is 15.5. The third kappa shape index (κ3) is 3.64. The zero-order valence-electron chi connectivity index (χ0n) is 13.2. The lowest BCUT2D eigenvalue weighted by atomic mass is 9.85. The number of nitrogens with zero attached hydrogens (tertiary/aromatic N) is 4. The predicted molar refractivity (Wildman–Crippen MR) is 80.8 cm³/mol. The highest BCUT2D eigenvalue weighted by Gasteiger charge is 2.30. The van der Waals surface area contributed by atoms with Gasteiger partial charge in [0.05, 0.1) is 6.54 Å². The molecule has 0 unspecified atom stereocenters. The van der Waals surface area contributed by atoms with Crippen LogP contribution in [0.2, 0.25) is 0 Å². The molecule has 1 aromatic heterocycles. The van der Waals surface area contributed by atoms with Crippen molar-refractivity contribution in [2.24, 2.45) is 11.7 Å². The van der Waals surface area contributed by atoms with Crippen molar-refractivity contribution in [2.45, 2.75) is 45.2 Å². The van der Waals surface area contributed by atoms with Crippen molar-refractivity contribution < 1.29 is 9.32 Å². The molecule has 0 spiro atoms. The summed E-state index contributed by atoms with van der Waals surface area (Å²) in [6.45, 7) is 5.74. The van der Waals surface area contributed by atoms with E-state index in [0.717, 1.165) is 51.9 Å². The average Bonchev–Trinajstić information content (AvgIpc) is 2.92. The quantitative estimate of drug-likeness (QED) is 0.877. The first-order valence-electron chi connectivity index (χ1n) is 8.17. The van der Waals surface area contributed by atoms with Gasteiger partial charge in [0.1, 0.15) is 0 Å². The van der Waals surface area contributed by atoms with Crippen molar-refractivity contribution in [3.8, 4) is 0 Å². The Morgan fingerprint density at radius 2 is 2.09 bits per heavy atom. The highest BCUT2D eigenvalue weighted by molar-refractivity contribution is 5.79. The van der Waals surface area contributed by atoms with Crippen LogP contribution in [-0.2, 0) is 11.3 Å². The fourth-order valence-electron chi connectivity index (χ4n) is 3.43. The minimum Gasteiger partial charge on any atom is -0.340 e. The first-order chi connectivity index (χ1) is 10.6. The Kier molecular flexibility index (Phi) is 4.73. The van der Waals surface area contributed by atoms with E-state index in [-0.39, 0.29) is 12.0 Å². The third-order valence-electron chi connectivity index (χ3n) is 4.68. The van der Waals surface area contributed by atoms with E-state index in [1.807, 2.05) is 11.8 Å². The van der Waals surface area contributed by atoms with Crippen molar-refractivity contribution in [1.82, 2.24) is 19.9 Å². The minimum absolute atomic E-state index is 0.133. The zero-order valence-corrected chi connectivity index (χ0v) is 13.2. The molecule has 2 aliphatic rings. The van der Waals surface area contributed by atoms with Crippen LogP contribution in [0, 0.1) is 12.8 Å². The van der Waals surface area contributed by atoms with E-state index in [0.29, 0.717) is 24.2 Å². The van der Waals surface area contributed by atoms with Gasteiger partial charge in [-0.2, -0.15) is 4.98 Å². The van der Waals surface area contributed by atoms with Crippen LogP contribution in [-0.4, -0.2) is 58.1 Å². The number of hydrogen-bond donors (Lipinski definition) is 1. The molecule has 7 nitrogen and oxygen atoms in total. The minimum atomic E-state index is 0.133. The molecular weight excluding hydrogens is 282 g/mol. The summed E-state index contributed by atoms with van der Waals surface area (Å²) in [7, 11) is 0. The fourth-order valence-corrected chi connectivity index (χ4v) is 3.43. The molecule has 2 fully saturated rings. The maximum Gasteiger partial charge on any atom is 0.240 e. The van der Waals surface area contributed by atoms with Crippen LogP contribution < -0.4 is 5.73 Å². The molecule has 0 radical (unpaired) electrons. The lowest BCUT2D eigenvalue weighted by Crippen LogP contribution is -2.51. The summed E-state index contributed by atoms with van der Waals surface area (Å²) in [4.78, 5) is 21.1. The molecule has 1 aliphatic carbocycles. The second kappa shape index (κ2) is 6.75. The maximum absolute atomic E-state index is 12.6. The summed E-state index contributed by atoms with van der Waals surface area (Å²) in [5.74, 6) is 1.74. The second-order valence-electron chi connectivity index (χ2n) is 6.46. The number of aromatic nitrogens is 2. The van der Waals surface area contributed by atoms with E-state index in [9.17, 15) is 4.79 Å². The van der Waals surface area contributed by atoms with Gasteiger partial charge in [0.15, 0.2) is 5.82 Å². The Morgan fingerprint density at radius 3 is 2.73 bits per heavy atom. The van der Waals surface area contributed by atoms with E-state index in [4.69, 9.17) is 10.3 Å². The van der Waals surface area contributed by atoms with Gasteiger partial charge in [-0.1, -0.05) is 11.6 Å². The van der Waals surface area contributed by atoms with Gasteiger partial charge in [0.25, 0.3) is 0 Å². The molecule has 2 heterocycles. The van der Waals surface area contributed by atoms with E-state index < -0.39 is 0 Å². The lowest BCUT2D eigenvalue weighted by molar-refractivity contribution is -0.138. The molecule has 1 aromatic rings. The second-order valence-corrected chi connectivity index (χ2v) is 6.46. The van der Waals surface area contributed by atoms with Gasteiger partial charge >= 0.3 is 0 Å². The number of nitrogens with two attached hydrogens (primary N) is 1. The first kappa shape index (κ1) is 15.4. The monoisotopic (exact) mass is 307 g/mol. The fraction of sp³-hybridized carbons (Fsp3) is 0.800. The highest BCUT2D eigenvalue weighted by Crippen LogP contribution is 2.25. The normalized spacial score (nSPS) is 27.1. The number of carbonyl (C=O) groups excluding carboxylic acids is 1. The molecule has 122 valence electrons. The average molecular weight is 307 g/mol. The largest absolute Gasteiger partial charge is 0.340 e. The molecule has 0 bridgehead atoms. The van der Waals surface area contributed by atoms with Gasteiger partial charge in [-0.05, 0) is 26.2 Å². The van der Waals surface area contributed by atoms with E-state index in [1.54, 1.807) is 0 Å². The molecule has 1 saturated carbocycles. The van der Waals surface area contributed by atoms with E-state index in [2.05, 4.69) is 15.0 Å². The summed E-state index contributed by atoms with van der Waals surface area (Å²) in [5, 5.41) is 3.80. The van der Waals surface area contributed by atoms with Gasteiger partial charge in [-0.3, -0.25) is 9.69 Å². The number of piperazine rings is 1. The molecule has 0 aromatic carbocycles. The number of rotatable bonds is 3. The Balaban J connectivity index is 1.47. The molecular formula is C15H25N5O2. The molecule has 2 atom stereocenters. The van der Waals surface area contributed by atoms with Crippen LogP contribution in [0.5, 0.6) is 0 Å². The molecule has 1 aliphatic heterocycles. The smallest absolute Gasteiger partial charge is 0.240 e. The van der Waals surface area contributed by atoms with Gasteiger partial charge in [0, 0.05) is 38.1 Å². The summed E-state index contributed by atoms with van der Waals surface area (Å²) in [6, 6.07) is 0.199. The van der Waals surface area contributed by atoms with Gasteiger partial charge in [-0.25, -0.2) is 0 Å². The Hall–Kier alpha value is -1.47. The van der Waals surface area contributed by atoms with Crippen molar-refractivity contribution in [1.29, 1.82) is 0 Å². The number of carbonyl (C=O) groups is 1. The van der Waals surface area contributed by atoms with Gasteiger partial charge < -0.3 is 15.2 Å². The van der Waals surface area contributed by atoms with E-state index >= 15 is 0 Å². The van der Waals surface area contributed by atoms with Crippen LogP contribution in [0.3, 0.4) is 0 Å². The van der Waals surface area contributed by atoms with Gasteiger partial charge in [0.2, 0.25) is 11.8 Å². The summed E-state index contributed by atoms with van der Waals surface area (Å²) < 4.78 is 5.15. The third-order valence-corrected chi connectivity index (χ3v) is 4.68. The molecule has 3 rings (SSSR count). The number of amides is 1. The Labute approximate surface area is 130 Å². The molecule has 1 amide bonds. The standard InChI is InChI=1S/C15H25N5O2/c1-11-17-14(22-18-11)10-19-5-7-20(8-6-19)15(21)12-3-2-4-13(16)9-12/h12-13H,2-10,16H2,1H3/t12-,13-/m1/s1. The topological polar surface area (TPSA) is 88.5 Å². The summed E-state index contributed by atoms with van der Waals surface area (Å²) in [5.41, 5.74) is 6.00. The van der Waals surface area contributed by atoms with Crippen LogP contribution in [0.4, 0.5) is 0 Å². The Bertz CT molecular complexity index is 510. The number of aryl methyl sites for hydroxylation is 1. The molecule has 22 heavy (non-hydrogen) atoms. The van der Waals surface area contributed by atoms with Crippen molar-refractivity contribution >= 4 is 5.91 Å². The van der Waals surface area contributed by atoms with Crippen molar-refractivity contribution in [3.05, 3.63) is 11.7 Å². The first-order valence-corrected chi connectivity index (χ1v) is 8.17. The highest BCUT2D eigenvalue weighted by atomic mass is 16.5. The molecule has 7 heteroatoms. The Morgan fingerprint density at radius 1 is 1.32 bits per heavy atom. The van der Waals surface area contributed by atoms with Crippen molar-refractivity contribution in [3.63, 3.8) is 0 Å². The van der Waals surface area contributed by atoms with Crippen LogP contribution >= 0.6 is 0 Å². The summed E-state index contributed by atoms with van der Waals surface area (Å²) >= 11 is 0. The summed E-state index contributed by atoms with van der Waals surface area (Å²) in [6.07, 6.45) is 3.98. The van der Waals surface area contributed by atoms with Crippen LogP contribution in [0.15, 0.2) is 4.52 Å². The molecule has 1 saturated heterocycles. The lowest BCUT2D eigenvalue weighted by Gasteiger charge is -2.37. The maximum atomic E-state index is 12.6. The van der Waals surface area contributed by atoms with Crippen LogP contribution in [0.25, 0.3) is 0 Å².